The Morgan fingerprint density at radius 1 is 1.20 bits per heavy atom. The van der Waals surface area contributed by atoms with Gasteiger partial charge in [0.2, 0.25) is 0 Å². The lowest BCUT2D eigenvalue weighted by Crippen LogP contribution is -2.64. The molecule has 0 aromatic heterocycles. The normalized spacial score (nSPS) is 35.4. The molecule has 2 fully saturated rings. The highest BCUT2D eigenvalue weighted by atomic mass is 15.3. The standard InChI is InChI=1S/C17H35N3/c1-6-14(4)16-12-20(17(10-18-16)13(2)3)15-8-7-9-19(5)11-15/h13-18H,6-12H2,1-5H3. The molecule has 0 spiro atoms. The Hall–Kier alpha value is -0.120. The van der Waals surface area contributed by atoms with Crippen LogP contribution in [0.4, 0.5) is 0 Å². The molecule has 0 saturated carbocycles. The SMILES string of the molecule is CCC(C)C1CN(C2CCCN(C)C2)C(C(C)C)CN1. The molecule has 0 aromatic rings. The molecule has 118 valence electrons. The summed E-state index contributed by atoms with van der Waals surface area (Å²) in [5.41, 5.74) is 0. The molecule has 4 unspecified atom stereocenters. The predicted molar refractivity (Wildman–Crippen MR) is 87.1 cm³/mol. The zero-order valence-electron chi connectivity index (χ0n) is 14.2. The van der Waals surface area contributed by atoms with Crippen LogP contribution in [0.3, 0.4) is 0 Å². The van der Waals surface area contributed by atoms with Crippen molar-refractivity contribution in [1.29, 1.82) is 0 Å². The number of piperidine rings is 1. The van der Waals surface area contributed by atoms with Gasteiger partial charge in [-0.25, -0.2) is 0 Å². The highest BCUT2D eigenvalue weighted by Gasteiger charge is 2.36. The number of nitrogens with one attached hydrogen (secondary N) is 1. The van der Waals surface area contributed by atoms with E-state index in [4.69, 9.17) is 0 Å². The summed E-state index contributed by atoms with van der Waals surface area (Å²) in [5, 5.41) is 3.83. The van der Waals surface area contributed by atoms with Crippen molar-refractivity contribution < 1.29 is 0 Å². The number of hydrogen-bond acceptors (Lipinski definition) is 3. The monoisotopic (exact) mass is 281 g/mol. The molecule has 2 heterocycles. The van der Waals surface area contributed by atoms with E-state index in [9.17, 15) is 0 Å². The Balaban J connectivity index is 2.06. The van der Waals surface area contributed by atoms with E-state index in [0.717, 1.165) is 17.9 Å². The molecule has 20 heavy (non-hydrogen) atoms. The van der Waals surface area contributed by atoms with Crippen LogP contribution in [0.5, 0.6) is 0 Å². The minimum absolute atomic E-state index is 0.683. The molecule has 3 heteroatoms. The third-order valence-corrected chi connectivity index (χ3v) is 5.59. The van der Waals surface area contributed by atoms with Gasteiger partial charge in [-0.2, -0.15) is 0 Å². The summed E-state index contributed by atoms with van der Waals surface area (Å²) < 4.78 is 0. The fraction of sp³-hybridized carbons (Fsp3) is 1.00. The highest BCUT2D eigenvalue weighted by Crippen LogP contribution is 2.25. The summed E-state index contributed by atoms with van der Waals surface area (Å²) in [6.45, 7) is 14.5. The van der Waals surface area contributed by atoms with Crippen molar-refractivity contribution in [3.05, 3.63) is 0 Å². The van der Waals surface area contributed by atoms with E-state index in [1.54, 1.807) is 0 Å². The van der Waals surface area contributed by atoms with Crippen LogP contribution >= 0.6 is 0 Å². The second-order valence-electron chi connectivity index (χ2n) is 7.47. The highest BCUT2D eigenvalue weighted by molar-refractivity contribution is 4.94. The van der Waals surface area contributed by atoms with Crippen molar-refractivity contribution in [3.63, 3.8) is 0 Å². The largest absolute Gasteiger partial charge is 0.311 e. The van der Waals surface area contributed by atoms with E-state index in [-0.39, 0.29) is 0 Å². The van der Waals surface area contributed by atoms with Crippen LogP contribution < -0.4 is 5.32 Å². The molecule has 0 bridgehead atoms. The average Bonchev–Trinajstić information content (AvgIpc) is 2.45. The quantitative estimate of drug-likeness (QED) is 0.854. The second-order valence-corrected chi connectivity index (χ2v) is 7.47. The Kier molecular flexibility index (Phi) is 5.88. The van der Waals surface area contributed by atoms with E-state index < -0.39 is 0 Å². The van der Waals surface area contributed by atoms with Crippen molar-refractivity contribution in [2.45, 2.75) is 65.1 Å². The lowest BCUT2D eigenvalue weighted by atomic mass is 9.89. The summed E-state index contributed by atoms with van der Waals surface area (Å²) in [4.78, 5) is 5.37. The molecule has 1 N–H and O–H groups in total. The van der Waals surface area contributed by atoms with Gasteiger partial charge in [-0.15, -0.1) is 0 Å². The average molecular weight is 281 g/mol. The molecular weight excluding hydrogens is 246 g/mol. The first-order chi connectivity index (χ1) is 9.52. The number of hydrogen-bond donors (Lipinski definition) is 1. The molecule has 4 atom stereocenters. The molecular formula is C17H35N3. The van der Waals surface area contributed by atoms with Gasteiger partial charge in [0.15, 0.2) is 0 Å². The number of nitrogens with zero attached hydrogens (tertiary/aromatic N) is 2. The smallest absolute Gasteiger partial charge is 0.0247 e. The van der Waals surface area contributed by atoms with E-state index in [1.807, 2.05) is 0 Å². The van der Waals surface area contributed by atoms with E-state index in [0.29, 0.717) is 12.1 Å². The molecule has 0 aliphatic carbocycles. The van der Waals surface area contributed by atoms with Gasteiger partial charge in [-0.3, -0.25) is 4.90 Å². The van der Waals surface area contributed by atoms with Crippen LogP contribution in [0.25, 0.3) is 0 Å². The van der Waals surface area contributed by atoms with Crippen LogP contribution in [-0.2, 0) is 0 Å². The first-order valence-corrected chi connectivity index (χ1v) is 8.70. The lowest BCUT2D eigenvalue weighted by Gasteiger charge is -2.49. The molecule has 2 rings (SSSR count). The Bertz CT molecular complexity index is 292. The van der Waals surface area contributed by atoms with Crippen molar-refractivity contribution >= 4 is 0 Å². The maximum Gasteiger partial charge on any atom is 0.0247 e. The molecule has 0 aromatic carbocycles. The molecule has 2 aliphatic rings. The summed E-state index contributed by atoms with van der Waals surface area (Å²) in [7, 11) is 2.28. The predicted octanol–water partition coefficient (Wildman–Crippen LogP) is 2.43. The second kappa shape index (κ2) is 7.24. The molecule has 2 aliphatic heterocycles. The fourth-order valence-electron chi connectivity index (χ4n) is 3.93. The number of likely N-dealkylation sites (N-methyl/N-ethyl adjacent to an activating group) is 1. The van der Waals surface area contributed by atoms with Gasteiger partial charge >= 0.3 is 0 Å². The third-order valence-electron chi connectivity index (χ3n) is 5.59. The maximum atomic E-state index is 3.83. The van der Waals surface area contributed by atoms with Crippen LogP contribution in [0, 0.1) is 11.8 Å². The summed E-state index contributed by atoms with van der Waals surface area (Å²) in [6.07, 6.45) is 4.03. The van der Waals surface area contributed by atoms with Crippen molar-refractivity contribution in [3.8, 4) is 0 Å². The summed E-state index contributed by atoms with van der Waals surface area (Å²) >= 11 is 0. The first-order valence-electron chi connectivity index (χ1n) is 8.70. The van der Waals surface area contributed by atoms with Crippen LogP contribution in [0.15, 0.2) is 0 Å². The van der Waals surface area contributed by atoms with Crippen molar-refractivity contribution in [1.82, 2.24) is 15.1 Å². The number of piperazine rings is 1. The number of likely N-dealkylation sites (tertiary alicyclic amines) is 1. The maximum absolute atomic E-state index is 3.83. The van der Waals surface area contributed by atoms with Gasteiger partial charge < -0.3 is 10.2 Å². The zero-order chi connectivity index (χ0) is 14.7. The van der Waals surface area contributed by atoms with Crippen molar-refractivity contribution in [2.24, 2.45) is 11.8 Å². The van der Waals surface area contributed by atoms with Crippen LogP contribution in [-0.4, -0.2) is 61.2 Å². The lowest BCUT2D eigenvalue weighted by molar-refractivity contribution is 0.0146. The Labute approximate surface area is 126 Å². The minimum Gasteiger partial charge on any atom is -0.311 e. The fourth-order valence-corrected chi connectivity index (χ4v) is 3.93. The van der Waals surface area contributed by atoms with Gasteiger partial charge in [0.05, 0.1) is 0 Å². The molecule has 0 amide bonds. The summed E-state index contributed by atoms with van der Waals surface area (Å²) in [5.74, 6) is 1.53. The molecule has 3 nitrogen and oxygen atoms in total. The summed E-state index contributed by atoms with van der Waals surface area (Å²) in [6, 6.07) is 2.17. The third kappa shape index (κ3) is 3.75. The Morgan fingerprint density at radius 3 is 2.55 bits per heavy atom. The van der Waals surface area contributed by atoms with E-state index in [1.165, 1.54) is 45.4 Å². The van der Waals surface area contributed by atoms with E-state index >= 15 is 0 Å². The Morgan fingerprint density at radius 2 is 1.95 bits per heavy atom. The van der Waals surface area contributed by atoms with Gasteiger partial charge in [0, 0.05) is 37.8 Å². The van der Waals surface area contributed by atoms with Gasteiger partial charge in [-0.05, 0) is 38.3 Å². The topological polar surface area (TPSA) is 18.5 Å². The van der Waals surface area contributed by atoms with Crippen LogP contribution in [0.1, 0.15) is 47.0 Å². The first kappa shape index (κ1) is 16.3. The van der Waals surface area contributed by atoms with Crippen LogP contribution in [0.2, 0.25) is 0 Å². The van der Waals surface area contributed by atoms with Gasteiger partial charge in [-0.1, -0.05) is 34.1 Å². The minimum atomic E-state index is 0.683. The molecule has 2 saturated heterocycles. The van der Waals surface area contributed by atoms with E-state index in [2.05, 4.69) is 49.9 Å². The van der Waals surface area contributed by atoms with Gasteiger partial charge in [0.25, 0.3) is 0 Å². The molecule has 0 radical (unpaired) electrons. The zero-order valence-corrected chi connectivity index (χ0v) is 14.2. The number of rotatable bonds is 4. The van der Waals surface area contributed by atoms with Gasteiger partial charge in [0.1, 0.15) is 0 Å². The van der Waals surface area contributed by atoms with Crippen molar-refractivity contribution in [2.75, 3.05) is 33.2 Å².